The van der Waals surface area contributed by atoms with E-state index >= 15 is 0 Å². The van der Waals surface area contributed by atoms with Gasteiger partial charge in [-0.3, -0.25) is 14.4 Å². The number of aryl methyl sites for hydroxylation is 1. The first-order valence-corrected chi connectivity index (χ1v) is 9.16. The van der Waals surface area contributed by atoms with Gasteiger partial charge in [-0.05, 0) is 36.8 Å². The molecule has 0 radical (unpaired) electrons. The normalized spacial score (nSPS) is 11.4. The summed E-state index contributed by atoms with van der Waals surface area (Å²) < 4.78 is 0. The predicted octanol–water partition coefficient (Wildman–Crippen LogP) is 1.55. The fourth-order valence-electron chi connectivity index (χ4n) is 3.00. The fraction of sp³-hybridized carbons (Fsp3) is 0.238. The Kier molecular flexibility index (Phi) is 7.51. The lowest BCUT2D eigenvalue weighted by atomic mass is 9.89. The maximum Gasteiger partial charge on any atom is 0.303 e. The van der Waals surface area contributed by atoms with Crippen LogP contribution in [0.1, 0.15) is 40.2 Å². The molecule has 1 atom stereocenters. The molecule has 30 heavy (non-hydrogen) atoms. The first kappa shape index (κ1) is 22.4. The molecule has 2 rings (SSSR count). The Bertz CT molecular complexity index is 983. The number of aromatic hydroxyl groups is 1. The van der Waals surface area contributed by atoms with Crippen molar-refractivity contribution >= 4 is 29.3 Å². The van der Waals surface area contributed by atoms with E-state index in [1.165, 1.54) is 12.1 Å². The highest BCUT2D eigenvalue weighted by Crippen LogP contribution is 2.32. The number of Topliss-reactive ketones (excluding diaryl/α,β-unsaturated/α-hetero) is 1. The fourth-order valence-corrected chi connectivity index (χ4v) is 3.00. The second-order valence-corrected chi connectivity index (χ2v) is 6.87. The molecule has 2 aromatic rings. The monoisotopic (exact) mass is 412 g/mol. The topological polar surface area (TPSA) is 168 Å². The van der Waals surface area contributed by atoms with Crippen LogP contribution >= 0.6 is 0 Å². The number of aliphatic carboxylic acids is 1. The van der Waals surface area contributed by atoms with Gasteiger partial charge in [-0.1, -0.05) is 23.8 Å². The number of phenols is 1. The maximum atomic E-state index is 12.4. The Balaban J connectivity index is 2.05. The number of aliphatic imine (C=N–C) groups is 1. The molecular weight excluding hydrogens is 388 g/mol. The number of carboxylic acid groups (broad SMARTS) is 1. The number of nitrogens with one attached hydrogen (secondary N) is 1. The minimum absolute atomic E-state index is 0.0692. The molecule has 0 aliphatic rings. The Morgan fingerprint density at radius 3 is 2.50 bits per heavy atom. The molecular formula is C21H24N4O5. The molecule has 2 aromatic carbocycles. The number of nitrogens with zero attached hydrogens (tertiary/aromatic N) is 1. The number of benzene rings is 2. The van der Waals surface area contributed by atoms with Gasteiger partial charge in [0, 0.05) is 17.9 Å². The lowest BCUT2D eigenvalue weighted by molar-refractivity contribution is -0.137. The van der Waals surface area contributed by atoms with Crippen LogP contribution in [-0.2, 0) is 9.59 Å². The van der Waals surface area contributed by atoms with Crippen LogP contribution in [0.25, 0.3) is 0 Å². The summed E-state index contributed by atoms with van der Waals surface area (Å²) >= 11 is 0. The SMILES string of the molecule is Cc1ccc(O)c(C(CC(=O)O)CC(=O)CNC(=O)c2cccc(N=C(N)N)c2)c1. The molecule has 0 spiro atoms. The number of rotatable bonds is 9. The van der Waals surface area contributed by atoms with Crippen molar-refractivity contribution in [3.05, 3.63) is 59.2 Å². The zero-order chi connectivity index (χ0) is 22.3. The van der Waals surface area contributed by atoms with E-state index in [2.05, 4.69) is 10.3 Å². The standard InChI is InChI=1S/C21H24N4O5/c1-12-5-6-18(27)17(7-12)14(10-19(28)29)9-16(26)11-24-20(30)13-3-2-4-15(8-13)25-21(22)23/h2-8,14,27H,9-11H2,1H3,(H,24,30)(H,28,29)(H4,22,23,25). The van der Waals surface area contributed by atoms with E-state index in [1.54, 1.807) is 37.3 Å². The molecule has 0 aromatic heterocycles. The summed E-state index contributed by atoms with van der Waals surface area (Å²) in [5, 5.41) is 21.8. The van der Waals surface area contributed by atoms with E-state index in [0.717, 1.165) is 5.56 Å². The quantitative estimate of drug-likeness (QED) is 0.307. The smallest absolute Gasteiger partial charge is 0.303 e. The van der Waals surface area contributed by atoms with Crippen molar-refractivity contribution in [1.29, 1.82) is 0 Å². The van der Waals surface area contributed by atoms with Crippen LogP contribution in [0.15, 0.2) is 47.5 Å². The average molecular weight is 412 g/mol. The number of carboxylic acids is 1. The van der Waals surface area contributed by atoms with Crippen LogP contribution in [0.4, 0.5) is 5.69 Å². The number of ketones is 1. The van der Waals surface area contributed by atoms with Gasteiger partial charge in [0.25, 0.3) is 5.91 Å². The van der Waals surface area contributed by atoms with Gasteiger partial charge in [-0.2, -0.15) is 0 Å². The van der Waals surface area contributed by atoms with Gasteiger partial charge in [0.15, 0.2) is 11.7 Å². The zero-order valence-electron chi connectivity index (χ0n) is 16.5. The molecule has 0 saturated carbocycles. The molecule has 0 saturated heterocycles. The first-order valence-electron chi connectivity index (χ1n) is 9.16. The van der Waals surface area contributed by atoms with E-state index in [1.807, 2.05) is 0 Å². The summed E-state index contributed by atoms with van der Waals surface area (Å²) in [5.74, 6) is -2.88. The van der Waals surface area contributed by atoms with E-state index in [9.17, 15) is 24.6 Å². The van der Waals surface area contributed by atoms with Crippen LogP contribution in [0.3, 0.4) is 0 Å². The Labute approximate surface area is 173 Å². The highest BCUT2D eigenvalue weighted by molar-refractivity contribution is 5.97. The molecule has 7 N–H and O–H groups in total. The highest BCUT2D eigenvalue weighted by Gasteiger charge is 2.22. The largest absolute Gasteiger partial charge is 0.508 e. The molecule has 0 heterocycles. The Morgan fingerprint density at radius 2 is 1.83 bits per heavy atom. The number of carbonyl (C=O) groups excluding carboxylic acids is 2. The lowest BCUT2D eigenvalue weighted by Crippen LogP contribution is -2.30. The summed E-state index contributed by atoms with van der Waals surface area (Å²) in [7, 11) is 0. The van der Waals surface area contributed by atoms with E-state index in [4.69, 9.17) is 11.5 Å². The summed E-state index contributed by atoms with van der Waals surface area (Å²) in [4.78, 5) is 39.8. The number of carbonyl (C=O) groups is 3. The molecule has 9 heteroatoms. The zero-order valence-corrected chi connectivity index (χ0v) is 16.5. The number of hydrogen-bond acceptors (Lipinski definition) is 5. The van der Waals surface area contributed by atoms with Crippen molar-refractivity contribution in [3.63, 3.8) is 0 Å². The van der Waals surface area contributed by atoms with Crippen molar-refractivity contribution < 1.29 is 24.6 Å². The van der Waals surface area contributed by atoms with E-state index in [0.29, 0.717) is 11.3 Å². The molecule has 1 unspecified atom stereocenters. The molecule has 9 nitrogen and oxygen atoms in total. The van der Waals surface area contributed by atoms with Gasteiger partial charge in [0.2, 0.25) is 0 Å². The Morgan fingerprint density at radius 1 is 1.10 bits per heavy atom. The second kappa shape index (κ2) is 10.1. The van der Waals surface area contributed by atoms with Gasteiger partial charge < -0.3 is 27.0 Å². The Hall–Kier alpha value is -3.88. The van der Waals surface area contributed by atoms with Crippen LogP contribution in [0.2, 0.25) is 0 Å². The van der Waals surface area contributed by atoms with Crippen molar-refractivity contribution in [2.24, 2.45) is 16.5 Å². The molecule has 0 aliphatic heterocycles. The molecule has 1 amide bonds. The van der Waals surface area contributed by atoms with E-state index < -0.39 is 17.8 Å². The summed E-state index contributed by atoms with van der Waals surface area (Å²) in [6.07, 6.45) is -0.463. The van der Waals surface area contributed by atoms with Crippen LogP contribution in [-0.4, -0.2) is 40.4 Å². The van der Waals surface area contributed by atoms with Gasteiger partial charge in [-0.25, -0.2) is 4.99 Å². The third kappa shape index (κ3) is 6.62. The van der Waals surface area contributed by atoms with Crippen molar-refractivity contribution in [1.82, 2.24) is 5.32 Å². The third-order valence-electron chi connectivity index (χ3n) is 4.33. The summed E-state index contributed by atoms with van der Waals surface area (Å²) in [6.45, 7) is 1.52. The number of nitrogens with two attached hydrogens (primary N) is 2. The molecule has 0 aliphatic carbocycles. The van der Waals surface area contributed by atoms with Crippen molar-refractivity contribution in [3.8, 4) is 5.75 Å². The summed E-state index contributed by atoms with van der Waals surface area (Å²) in [5.41, 5.74) is 12.5. The van der Waals surface area contributed by atoms with Crippen LogP contribution in [0.5, 0.6) is 5.75 Å². The number of amides is 1. The number of hydrogen-bond donors (Lipinski definition) is 5. The predicted molar refractivity (Wildman–Crippen MR) is 112 cm³/mol. The van der Waals surface area contributed by atoms with Crippen molar-refractivity contribution in [2.45, 2.75) is 25.7 Å². The van der Waals surface area contributed by atoms with Gasteiger partial charge in [0.1, 0.15) is 5.75 Å². The molecule has 0 fully saturated rings. The number of phenolic OH excluding ortho intramolecular Hbond substituents is 1. The van der Waals surface area contributed by atoms with Gasteiger partial charge >= 0.3 is 5.97 Å². The highest BCUT2D eigenvalue weighted by atomic mass is 16.4. The van der Waals surface area contributed by atoms with Gasteiger partial charge in [0.05, 0.1) is 18.7 Å². The maximum absolute atomic E-state index is 12.4. The molecule has 158 valence electrons. The minimum atomic E-state index is -1.09. The van der Waals surface area contributed by atoms with Crippen LogP contribution in [0, 0.1) is 6.92 Å². The summed E-state index contributed by atoms with van der Waals surface area (Å²) in [6, 6.07) is 11.0. The number of guanidine groups is 1. The van der Waals surface area contributed by atoms with Crippen molar-refractivity contribution in [2.75, 3.05) is 6.54 Å². The first-order chi connectivity index (χ1) is 14.2. The average Bonchev–Trinajstić information content (AvgIpc) is 2.67. The molecule has 0 bridgehead atoms. The second-order valence-electron chi connectivity index (χ2n) is 6.87. The van der Waals surface area contributed by atoms with Gasteiger partial charge in [-0.15, -0.1) is 0 Å². The third-order valence-corrected chi connectivity index (χ3v) is 4.33. The lowest BCUT2D eigenvalue weighted by Gasteiger charge is -2.17. The van der Waals surface area contributed by atoms with Crippen LogP contribution < -0.4 is 16.8 Å². The minimum Gasteiger partial charge on any atom is -0.508 e. The van der Waals surface area contributed by atoms with E-state index in [-0.39, 0.29) is 42.4 Å².